The highest BCUT2D eigenvalue weighted by Gasteiger charge is 2.30. The Morgan fingerprint density at radius 3 is 1.94 bits per heavy atom. The van der Waals surface area contributed by atoms with Crippen LogP contribution < -0.4 is 10.0 Å². The molecule has 2 aromatic rings. The summed E-state index contributed by atoms with van der Waals surface area (Å²) in [6, 6.07) is 8.90. The monoisotopic (exact) mass is 458 g/mol. The minimum absolute atomic E-state index is 0.0607. The van der Waals surface area contributed by atoms with E-state index in [2.05, 4.69) is 10.0 Å². The highest BCUT2D eigenvalue weighted by molar-refractivity contribution is 7.89. The third-order valence-corrected chi connectivity index (χ3v) is 6.06. The van der Waals surface area contributed by atoms with Crippen LogP contribution in [-0.2, 0) is 33.0 Å². The van der Waals surface area contributed by atoms with Crippen LogP contribution in [0.5, 0.6) is 0 Å². The van der Waals surface area contributed by atoms with E-state index in [4.69, 9.17) is 0 Å². The third-order valence-electron chi connectivity index (χ3n) is 4.58. The summed E-state index contributed by atoms with van der Waals surface area (Å²) in [6.07, 6.45) is -4.47. The molecule has 0 aliphatic heterocycles. The van der Waals surface area contributed by atoms with Crippen molar-refractivity contribution in [3.63, 3.8) is 0 Å². The minimum atomic E-state index is -4.47. The number of halogens is 3. The number of amides is 1. The number of nitrogens with one attached hydrogen (secondary N) is 2. The molecule has 2 aromatic carbocycles. The smallest absolute Gasteiger partial charge is 0.394 e. The molecule has 2 rings (SSSR count). The van der Waals surface area contributed by atoms with Crippen molar-refractivity contribution in [3.05, 3.63) is 65.2 Å². The lowest BCUT2D eigenvalue weighted by molar-refractivity contribution is -0.137. The van der Waals surface area contributed by atoms with E-state index in [-0.39, 0.29) is 16.9 Å². The first-order chi connectivity index (χ1) is 14.2. The molecular formula is C21H25F3N2O4S. The third kappa shape index (κ3) is 6.78. The van der Waals surface area contributed by atoms with Crippen molar-refractivity contribution >= 4 is 15.9 Å². The van der Waals surface area contributed by atoms with Gasteiger partial charge in [-0.25, -0.2) is 8.42 Å². The van der Waals surface area contributed by atoms with E-state index < -0.39 is 40.3 Å². The summed E-state index contributed by atoms with van der Waals surface area (Å²) < 4.78 is 65.1. The highest BCUT2D eigenvalue weighted by atomic mass is 32.2. The van der Waals surface area contributed by atoms with Gasteiger partial charge in [-0.3, -0.25) is 4.79 Å². The van der Waals surface area contributed by atoms with E-state index >= 15 is 0 Å². The number of rotatable bonds is 7. The van der Waals surface area contributed by atoms with Crippen molar-refractivity contribution in [2.24, 2.45) is 0 Å². The molecule has 0 fully saturated rings. The van der Waals surface area contributed by atoms with Gasteiger partial charge in [0.05, 0.1) is 17.1 Å². The number of hydrogen-bond donors (Lipinski definition) is 3. The molecule has 0 saturated heterocycles. The number of carbonyl (C=O) groups excluding carboxylic acids is 1. The summed E-state index contributed by atoms with van der Waals surface area (Å²) in [5, 5.41) is 11.9. The quantitative estimate of drug-likeness (QED) is 0.595. The number of sulfonamides is 1. The molecule has 0 saturated carbocycles. The molecule has 1 atom stereocenters. The van der Waals surface area contributed by atoms with Crippen LogP contribution in [0.25, 0.3) is 0 Å². The largest absolute Gasteiger partial charge is 0.416 e. The molecule has 0 radical (unpaired) electrons. The molecule has 1 amide bonds. The normalized spacial score (nSPS) is 13.6. The first-order valence-corrected chi connectivity index (χ1v) is 10.9. The van der Waals surface area contributed by atoms with Crippen LogP contribution in [-0.4, -0.2) is 32.1 Å². The van der Waals surface area contributed by atoms with E-state index in [0.29, 0.717) is 5.56 Å². The predicted molar refractivity (Wildman–Crippen MR) is 110 cm³/mol. The zero-order valence-electron chi connectivity index (χ0n) is 17.3. The van der Waals surface area contributed by atoms with E-state index in [9.17, 15) is 31.5 Å². The summed E-state index contributed by atoms with van der Waals surface area (Å²) in [7, 11) is -4.08. The van der Waals surface area contributed by atoms with Gasteiger partial charge in [-0.1, -0.05) is 45.0 Å². The Morgan fingerprint density at radius 2 is 1.48 bits per heavy atom. The molecule has 0 spiro atoms. The van der Waals surface area contributed by atoms with Gasteiger partial charge >= 0.3 is 6.18 Å². The number of alkyl halides is 3. The van der Waals surface area contributed by atoms with Gasteiger partial charge in [0.2, 0.25) is 15.9 Å². The average Bonchev–Trinajstić information content (AvgIpc) is 2.69. The maximum Gasteiger partial charge on any atom is 0.416 e. The molecule has 10 heteroatoms. The maximum absolute atomic E-state index is 12.6. The summed E-state index contributed by atoms with van der Waals surface area (Å²) in [5.41, 5.74) is 0.334. The van der Waals surface area contributed by atoms with Crippen LogP contribution in [0.15, 0.2) is 53.4 Å². The number of hydrogen-bond acceptors (Lipinski definition) is 4. The van der Waals surface area contributed by atoms with Crippen LogP contribution in [0.1, 0.15) is 37.5 Å². The Kier molecular flexibility index (Phi) is 7.51. The van der Waals surface area contributed by atoms with Crippen molar-refractivity contribution < 1.29 is 31.5 Å². The van der Waals surface area contributed by atoms with Crippen LogP contribution in [0.2, 0.25) is 0 Å². The SMILES string of the molecule is CC(C)(C)c1ccc(S(=O)(=O)NC(CO)C(=O)NCc2ccc(C(F)(F)F)cc2)cc1. The molecule has 0 heterocycles. The fourth-order valence-electron chi connectivity index (χ4n) is 2.69. The second kappa shape index (κ2) is 9.37. The van der Waals surface area contributed by atoms with Gasteiger partial charge < -0.3 is 10.4 Å². The molecule has 1 unspecified atom stereocenters. The Morgan fingerprint density at radius 1 is 0.968 bits per heavy atom. The minimum Gasteiger partial charge on any atom is -0.394 e. The molecule has 0 aromatic heterocycles. The molecule has 0 aliphatic carbocycles. The van der Waals surface area contributed by atoms with Crippen LogP contribution in [0.4, 0.5) is 13.2 Å². The second-order valence-corrected chi connectivity index (χ2v) is 9.76. The van der Waals surface area contributed by atoms with Gasteiger partial charge in [0.15, 0.2) is 0 Å². The second-order valence-electron chi connectivity index (χ2n) is 8.04. The zero-order valence-corrected chi connectivity index (χ0v) is 18.1. The van der Waals surface area contributed by atoms with Gasteiger partial charge in [-0.2, -0.15) is 17.9 Å². The van der Waals surface area contributed by atoms with Crippen LogP contribution >= 0.6 is 0 Å². The lowest BCUT2D eigenvalue weighted by atomic mass is 9.87. The fraction of sp³-hybridized carbons (Fsp3) is 0.381. The summed E-state index contributed by atoms with van der Waals surface area (Å²) in [5.74, 6) is -0.808. The predicted octanol–water partition coefficient (Wildman–Crippen LogP) is 2.96. The van der Waals surface area contributed by atoms with E-state index in [1.807, 2.05) is 20.8 Å². The lowest BCUT2D eigenvalue weighted by Gasteiger charge is -2.20. The van der Waals surface area contributed by atoms with Crippen LogP contribution in [0.3, 0.4) is 0 Å². The Labute approximate surface area is 179 Å². The summed E-state index contributed by atoms with van der Waals surface area (Å²) >= 11 is 0. The van der Waals surface area contributed by atoms with Crippen molar-refractivity contribution in [2.45, 2.75) is 49.8 Å². The van der Waals surface area contributed by atoms with Crippen molar-refractivity contribution in [3.8, 4) is 0 Å². The van der Waals surface area contributed by atoms with E-state index in [0.717, 1.165) is 17.7 Å². The Bertz CT molecular complexity index is 997. The lowest BCUT2D eigenvalue weighted by Crippen LogP contribution is -2.48. The number of benzene rings is 2. The Hall–Kier alpha value is -2.43. The van der Waals surface area contributed by atoms with Crippen LogP contribution in [0, 0.1) is 0 Å². The molecule has 6 nitrogen and oxygen atoms in total. The summed E-state index contributed by atoms with van der Waals surface area (Å²) in [6.45, 7) is 5.03. The first kappa shape index (κ1) is 24.8. The molecule has 0 bridgehead atoms. The van der Waals surface area contributed by atoms with Gasteiger partial charge in [0, 0.05) is 6.54 Å². The maximum atomic E-state index is 12.6. The fourth-order valence-corrected chi connectivity index (χ4v) is 3.87. The van der Waals surface area contributed by atoms with Gasteiger partial charge in [-0.05, 0) is 40.8 Å². The zero-order chi connectivity index (χ0) is 23.4. The average molecular weight is 459 g/mol. The number of aliphatic hydroxyl groups is 1. The standard InChI is InChI=1S/C21H25F3N2O4S/c1-20(2,3)15-8-10-17(11-9-15)31(29,30)26-18(13-27)19(28)25-12-14-4-6-16(7-5-14)21(22,23)24/h4-11,18,26-27H,12-13H2,1-3H3,(H,25,28). The first-order valence-electron chi connectivity index (χ1n) is 9.41. The van der Waals surface area contributed by atoms with E-state index in [1.165, 1.54) is 24.3 Å². The van der Waals surface area contributed by atoms with Crippen molar-refractivity contribution in [1.29, 1.82) is 0 Å². The molecule has 31 heavy (non-hydrogen) atoms. The van der Waals surface area contributed by atoms with Gasteiger partial charge in [0.25, 0.3) is 0 Å². The number of aliphatic hydroxyl groups excluding tert-OH is 1. The highest BCUT2D eigenvalue weighted by Crippen LogP contribution is 2.29. The Balaban J connectivity index is 2.03. The molecule has 170 valence electrons. The number of carbonyl (C=O) groups is 1. The van der Waals surface area contributed by atoms with Gasteiger partial charge in [0.1, 0.15) is 6.04 Å². The van der Waals surface area contributed by atoms with E-state index in [1.54, 1.807) is 12.1 Å². The van der Waals surface area contributed by atoms with Crippen molar-refractivity contribution in [1.82, 2.24) is 10.0 Å². The van der Waals surface area contributed by atoms with Gasteiger partial charge in [-0.15, -0.1) is 0 Å². The molecule has 3 N–H and O–H groups in total. The topological polar surface area (TPSA) is 95.5 Å². The van der Waals surface area contributed by atoms with Crippen molar-refractivity contribution in [2.75, 3.05) is 6.61 Å². The molecule has 0 aliphatic rings. The summed E-state index contributed by atoms with van der Waals surface area (Å²) in [4.78, 5) is 12.2. The molecular weight excluding hydrogens is 433 g/mol.